The predicted molar refractivity (Wildman–Crippen MR) is 64.4 cm³/mol. The minimum atomic E-state index is -0.876. The second-order valence-electron chi connectivity index (χ2n) is 3.86. The van der Waals surface area contributed by atoms with Gasteiger partial charge in [0.1, 0.15) is 5.75 Å². The zero-order chi connectivity index (χ0) is 12.4. The van der Waals surface area contributed by atoms with E-state index < -0.39 is 5.97 Å². The van der Waals surface area contributed by atoms with Gasteiger partial charge in [-0.1, -0.05) is 6.07 Å². The maximum absolute atomic E-state index is 10.7. The molecule has 0 spiro atoms. The Labute approximate surface area is 98.9 Å². The monoisotopic (exact) mass is 231 g/mol. The summed E-state index contributed by atoms with van der Waals surface area (Å²) in [5.74, 6) is -0.117. The number of carbonyl (C=O) groups is 1. The van der Waals surface area contributed by atoms with Gasteiger partial charge in [-0.3, -0.25) is 9.78 Å². The first-order valence-electron chi connectivity index (χ1n) is 5.27. The van der Waals surface area contributed by atoms with Crippen molar-refractivity contribution in [2.24, 2.45) is 0 Å². The summed E-state index contributed by atoms with van der Waals surface area (Å²) in [5, 5.41) is 9.70. The minimum absolute atomic E-state index is 0.0615. The molecule has 0 aliphatic heterocycles. The van der Waals surface area contributed by atoms with Crippen LogP contribution in [0.3, 0.4) is 0 Å². The maximum atomic E-state index is 10.7. The van der Waals surface area contributed by atoms with Gasteiger partial charge in [-0.2, -0.15) is 0 Å². The van der Waals surface area contributed by atoms with E-state index in [0.29, 0.717) is 5.69 Å². The first-order chi connectivity index (χ1) is 8.11. The highest BCUT2D eigenvalue weighted by atomic mass is 16.5. The van der Waals surface area contributed by atoms with Gasteiger partial charge >= 0.3 is 5.97 Å². The first kappa shape index (κ1) is 11.4. The van der Waals surface area contributed by atoms with Crippen LogP contribution in [0.15, 0.2) is 24.3 Å². The summed E-state index contributed by atoms with van der Waals surface area (Å²) < 4.78 is 5.27. The van der Waals surface area contributed by atoms with Crippen LogP contribution in [0.2, 0.25) is 0 Å². The van der Waals surface area contributed by atoms with E-state index in [1.165, 1.54) is 0 Å². The third-order valence-electron chi connectivity index (χ3n) is 2.60. The van der Waals surface area contributed by atoms with Gasteiger partial charge in [-0.25, -0.2) is 0 Å². The van der Waals surface area contributed by atoms with Gasteiger partial charge in [0.2, 0.25) is 0 Å². The van der Waals surface area contributed by atoms with E-state index in [2.05, 4.69) is 4.98 Å². The summed E-state index contributed by atoms with van der Waals surface area (Å²) in [4.78, 5) is 15.0. The number of nitrogens with zero attached hydrogens (tertiary/aromatic N) is 1. The average Bonchev–Trinajstić information content (AvgIpc) is 2.27. The van der Waals surface area contributed by atoms with Gasteiger partial charge in [0, 0.05) is 5.39 Å². The van der Waals surface area contributed by atoms with Crippen molar-refractivity contribution in [2.75, 3.05) is 7.11 Å². The molecule has 0 saturated carbocycles. The first-order valence-corrected chi connectivity index (χ1v) is 5.27. The number of pyridine rings is 1. The summed E-state index contributed by atoms with van der Waals surface area (Å²) in [5.41, 5.74) is 2.31. The molecular weight excluding hydrogens is 218 g/mol. The van der Waals surface area contributed by atoms with Gasteiger partial charge in [0.15, 0.2) is 0 Å². The molecule has 0 bridgehead atoms. The number of aryl methyl sites for hydroxylation is 1. The second kappa shape index (κ2) is 4.41. The molecule has 0 aliphatic rings. The molecule has 0 unspecified atom stereocenters. The molecule has 0 saturated heterocycles. The Balaban J connectivity index is 2.63. The number of aromatic nitrogens is 1. The van der Waals surface area contributed by atoms with E-state index >= 15 is 0 Å². The number of benzene rings is 1. The van der Waals surface area contributed by atoms with Crippen LogP contribution in [0, 0.1) is 6.92 Å². The van der Waals surface area contributed by atoms with Crippen LogP contribution in [-0.2, 0) is 11.2 Å². The molecule has 1 N–H and O–H groups in total. The summed E-state index contributed by atoms with van der Waals surface area (Å²) in [6, 6.07) is 7.36. The topological polar surface area (TPSA) is 59.4 Å². The van der Waals surface area contributed by atoms with E-state index in [-0.39, 0.29) is 6.42 Å². The summed E-state index contributed by atoms with van der Waals surface area (Å²) >= 11 is 0. The molecule has 0 aliphatic carbocycles. The lowest BCUT2D eigenvalue weighted by Crippen LogP contribution is -2.03. The molecule has 4 heteroatoms. The van der Waals surface area contributed by atoms with Crippen LogP contribution < -0.4 is 4.74 Å². The Morgan fingerprint density at radius 1 is 1.47 bits per heavy atom. The summed E-state index contributed by atoms with van der Waals surface area (Å²) in [6.45, 7) is 1.93. The summed E-state index contributed by atoms with van der Waals surface area (Å²) in [6.07, 6.45) is -0.0615. The Morgan fingerprint density at radius 2 is 2.24 bits per heavy atom. The molecule has 4 nitrogen and oxygen atoms in total. The van der Waals surface area contributed by atoms with Gasteiger partial charge in [0.05, 0.1) is 24.7 Å². The Hall–Kier alpha value is -2.10. The van der Waals surface area contributed by atoms with E-state index in [0.717, 1.165) is 22.2 Å². The molecule has 0 atom stereocenters. The molecule has 17 heavy (non-hydrogen) atoms. The van der Waals surface area contributed by atoms with Gasteiger partial charge < -0.3 is 9.84 Å². The van der Waals surface area contributed by atoms with Crippen molar-refractivity contribution >= 4 is 16.9 Å². The third kappa shape index (κ3) is 2.20. The zero-order valence-electron chi connectivity index (χ0n) is 9.73. The fraction of sp³-hybridized carbons (Fsp3) is 0.231. The Morgan fingerprint density at radius 3 is 2.88 bits per heavy atom. The lowest BCUT2D eigenvalue weighted by atomic mass is 10.1. The number of ether oxygens (including phenoxy) is 1. The Bertz CT molecular complexity index is 578. The number of hydrogen-bond acceptors (Lipinski definition) is 3. The number of carboxylic acids is 1. The minimum Gasteiger partial charge on any atom is -0.496 e. The maximum Gasteiger partial charge on any atom is 0.309 e. The molecule has 1 aromatic heterocycles. The standard InChI is InChI=1S/C13H13NO3/c1-8-6-9(7-12(15)16)14-10-4-3-5-11(17-2)13(8)10/h3-6H,7H2,1-2H3,(H,15,16). The predicted octanol–water partition coefficient (Wildman–Crippen LogP) is 2.18. The lowest BCUT2D eigenvalue weighted by Gasteiger charge is -2.09. The highest BCUT2D eigenvalue weighted by Gasteiger charge is 2.09. The van der Waals surface area contributed by atoms with Crippen LogP contribution in [0.25, 0.3) is 10.9 Å². The van der Waals surface area contributed by atoms with E-state index in [4.69, 9.17) is 9.84 Å². The Kier molecular flexibility index (Phi) is 2.95. The van der Waals surface area contributed by atoms with Crippen LogP contribution in [-0.4, -0.2) is 23.2 Å². The normalized spacial score (nSPS) is 10.5. The lowest BCUT2D eigenvalue weighted by molar-refractivity contribution is -0.136. The second-order valence-corrected chi connectivity index (χ2v) is 3.86. The highest BCUT2D eigenvalue weighted by Crippen LogP contribution is 2.27. The fourth-order valence-electron chi connectivity index (χ4n) is 1.93. The fourth-order valence-corrected chi connectivity index (χ4v) is 1.93. The van der Waals surface area contributed by atoms with Crippen molar-refractivity contribution in [1.29, 1.82) is 0 Å². The van der Waals surface area contributed by atoms with Crippen LogP contribution in [0.1, 0.15) is 11.3 Å². The summed E-state index contributed by atoms with van der Waals surface area (Å²) in [7, 11) is 1.61. The van der Waals surface area contributed by atoms with Crippen molar-refractivity contribution in [3.63, 3.8) is 0 Å². The van der Waals surface area contributed by atoms with Crippen LogP contribution in [0.5, 0.6) is 5.75 Å². The third-order valence-corrected chi connectivity index (χ3v) is 2.60. The molecule has 2 rings (SSSR count). The zero-order valence-corrected chi connectivity index (χ0v) is 9.73. The number of aliphatic carboxylic acids is 1. The highest BCUT2D eigenvalue weighted by molar-refractivity contribution is 5.88. The molecule has 0 radical (unpaired) electrons. The molecular formula is C13H13NO3. The number of carboxylic acid groups (broad SMARTS) is 1. The molecule has 0 amide bonds. The number of rotatable bonds is 3. The molecule has 1 heterocycles. The molecule has 2 aromatic rings. The van der Waals surface area contributed by atoms with E-state index in [9.17, 15) is 4.79 Å². The van der Waals surface area contributed by atoms with E-state index in [1.54, 1.807) is 13.2 Å². The van der Waals surface area contributed by atoms with Crippen LogP contribution >= 0.6 is 0 Å². The number of methoxy groups -OCH3 is 1. The average molecular weight is 231 g/mol. The van der Waals surface area contributed by atoms with Gasteiger partial charge in [-0.15, -0.1) is 0 Å². The number of hydrogen-bond donors (Lipinski definition) is 1. The van der Waals surface area contributed by atoms with E-state index in [1.807, 2.05) is 25.1 Å². The molecule has 88 valence electrons. The van der Waals surface area contributed by atoms with Crippen molar-refractivity contribution in [3.05, 3.63) is 35.5 Å². The van der Waals surface area contributed by atoms with Crippen molar-refractivity contribution in [2.45, 2.75) is 13.3 Å². The van der Waals surface area contributed by atoms with Crippen molar-refractivity contribution < 1.29 is 14.6 Å². The van der Waals surface area contributed by atoms with Crippen molar-refractivity contribution in [1.82, 2.24) is 4.98 Å². The molecule has 1 aromatic carbocycles. The SMILES string of the molecule is COc1cccc2nc(CC(=O)O)cc(C)c12. The van der Waals surface area contributed by atoms with Crippen LogP contribution in [0.4, 0.5) is 0 Å². The van der Waals surface area contributed by atoms with Gasteiger partial charge in [0.25, 0.3) is 0 Å². The largest absolute Gasteiger partial charge is 0.496 e. The van der Waals surface area contributed by atoms with Gasteiger partial charge in [-0.05, 0) is 30.7 Å². The quantitative estimate of drug-likeness (QED) is 0.879. The van der Waals surface area contributed by atoms with Crippen molar-refractivity contribution in [3.8, 4) is 5.75 Å². The smallest absolute Gasteiger partial charge is 0.309 e. The number of fused-ring (bicyclic) bond motifs is 1. The molecule has 0 fully saturated rings.